The van der Waals surface area contributed by atoms with E-state index in [4.69, 9.17) is 11.6 Å². The number of benzene rings is 1. The third kappa shape index (κ3) is 1.54. The van der Waals surface area contributed by atoms with Crippen molar-refractivity contribution in [1.82, 2.24) is 0 Å². The molecule has 0 aliphatic rings. The van der Waals surface area contributed by atoms with Crippen molar-refractivity contribution >= 4 is 16.8 Å². The van der Waals surface area contributed by atoms with Crippen molar-refractivity contribution in [2.24, 2.45) is 0 Å². The molecule has 44 valence electrons. The molecule has 1 rings (SSSR count). The van der Waals surface area contributed by atoms with Gasteiger partial charge in [0.25, 0.3) is 5.24 Å². The number of hydrogen-bond donors (Lipinski definition) is 0. The summed E-state index contributed by atoms with van der Waals surface area (Å²) in [5.74, 6) is 0. The van der Waals surface area contributed by atoms with Crippen LogP contribution >= 0.6 is 11.6 Å². The highest BCUT2D eigenvalue weighted by atomic mass is 35.5. The van der Waals surface area contributed by atoms with Gasteiger partial charge in [-0.3, -0.25) is 4.79 Å². The number of halogens is 1. The van der Waals surface area contributed by atoms with E-state index in [-0.39, 0.29) is 0 Å². The fourth-order valence-corrected chi connectivity index (χ4v) is 0.575. The predicted molar refractivity (Wildman–Crippen MR) is 34.3 cm³/mol. The Hall–Kier alpha value is -0.820. The van der Waals surface area contributed by atoms with Crippen LogP contribution < -0.4 is 0 Å². The minimum absolute atomic E-state index is 0.430. The molecule has 9 heavy (non-hydrogen) atoms. The monoisotopic (exact) mass is 138 g/mol. The summed E-state index contributed by atoms with van der Waals surface area (Å²) < 4.78 is 0. The Kier molecular flexibility index (Phi) is 1.85. The normalized spacial score (nSPS) is 9.00. The fraction of sp³-hybridized carbons (Fsp3) is 0. The first kappa shape index (κ1) is 6.30. The maximum absolute atomic E-state index is 10.4. The summed E-state index contributed by atoms with van der Waals surface area (Å²) in [6.07, 6.45) is 0. The van der Waals surface area contributed by atoms with Crippen LogP contribution in [-0.2, 0) is 0 Å². The number of rotatable bonds is 1. The van der Waals surface area contributed by atoms with Crippen molar-refractivity contribution in [3.8, 4) is 0 Å². The molecular weight excluding hydrogens is 136 g/mol. The Morgan fingerprint density at radius 2 is 2.00 bits per heavy atom. The van der Waals surface area contributed by atoms with Crippen LogP contribution in [0.2, 0.25) is 0 Å². The SMILES string of the molecule is O=C(Cl)c1c[c]c[c]c1. The van der Waals surface area contributed by atoms with Crippen LogP contribution in [0.1, 0.15) is 10.4 Å². The minimum Gasteiger partial charge on any atom is -0.276 e. The van der Waals surface area contributed by atoms with Gasteiger partial charge in [0.05, 0.1) is 0 Å². The quantitative estimate of drug-likeness (QED) is 0.540. The van der Waals surface area contributed by atoms with Gasteiger partial charge in [-0.25, -0.2) is 0 Å². The summed E-state index contributed by atoms with van der Waals surface area (Å²) in [6, 6.07) is 9.99. The molecule has 0 bridgehead atoms. The van der Waals surface area contributed by atoms with E-state index in [0.717, 1.165) is 0 Å². The molecule has 2 radical (unpaired) electrons. The second kappa shape index (κ2) is 2.65. The zero-order chi connectivity index (χ0) is 6.69. The van der Waals surface area contributed by atoms with Gasteiger partial charge in [-0.2, -0.15) is 0 Å². The summed E-state index contributed by atoms with van der Waals surface area (Å²) in [5, 5.41) is -0.469. The number of carbonyl (C=O) groups is 1. The standard InChI is InChI=1S/C7H3ClO/c8-7(9)6-4-2-1-3-5-6/h1,4-5H. The van der Waals surface area contributed by atoms with Crippen molar-refractivity contribution in [3.63, 3.8) is 0 Å². The molecule has 0 aliphatic carbocycles. The van der Waals surface area contributed by atoms with E-state index in [0.29, 0.717) is 5.56 Å². The second-order valence-electron chi connectivity index (χ2n) is 1.50. The molecule has 0 atom stereocenters. The van der Waals surface area contributed by atoms with Gasteiger partial charge in [0.1, 0.15) is 0 Å². The summed E-state index contributed by atoms with van der Waals surface area (Å²) in [6.45, 7) is 0. The topological polar surface area (TPSA) is 17.1 Å². The zero-order valence-electron chi connectivity index (χ0n) is 4.52. The smallest absolute Gasteiger partial charge is 0.252 e. The van der Waals surface area contributed by atoms with E-state index in [9.17, 15) is 4.79 Å². The molecule has 1 aromatic rings. The van der Waals surface area contributed by atoms with Gasteiger partial charge in [0, 0.05) is 5.56 Å². The number of carbonyl (C=O) groups excluding carboxylic acids is 1. The van der Waals surface area contributed by atoms with Gasteiger partial charge >= 0.3 is 0 Å². The van der Waals surface area contributed by atoms with E-state index in [1.165, 1.54) is 12.1 Å². The first-order valence-electron chi connectivity index (χ1n) is 2.38. The highest BCUT2D eigenvalue weighted by Crippen LogP contribution is 2.00. The lowest BCUT2D eigenvalue weighted by Crippen LogP contribution is -1.85. The maximum atomic E-state index is 10.4. The molecule has 0 saturated carbocycles. The zero-order valence-corrected chi connectivity index (χ0v) is 5.27. The lowest BCUT2D eigenvalue weighted by molar-refractivity contribution is 0.108. The molecular formula is C7H3ClO. The molecule has 0 spiro atoms. The highest BCUT2D eigenvalue weighted by molar-refractivity contribution is 6.67. The van der Waals surface area contributed by atoms with Gasteiger partial charge in [-0.1, -0.05) is 0 Å². The number of hydrogen-bond acceptors (Lipinski definition) is 1. The first-order chi connectivity index (χ1) is 4.30. The van der Waals surface area contributed by atoms with Crippen LogP contribution in [-0.4, -0.2) is 5.24 Å². The van der Waals surface area contributed by atoms with E-state index >= 15 is 0 Å². The lowest BCUT2D eigenvalue weighted by atomic mass is 10.2. The Morgan fingerprint density at radius 1 is 1.44 bits per heavy atom. The van der Waals surface area contributed by atoms with Crippen LogP contribution in [0.15, 0.2) is 18.2 Å². The molecule has 0 N–H and O–H groups in total. The van der Waals surface area contributed by atoms with E-state index in [1.807, 2.05) is 0 Å². The summed E-state index contributed by atoms with van der Waals surface area (Å²) >= 11 is 5.12. The molecule has 1 nitrogen and oxygen atoms in total. The maximum Gasteiger partial charge on any atom is 0.252 e. The Morgan fingerprint density at radius 3 is 2.33 bits per heavy atom. The van der Waals surface area contributed by atoms with Crippen molar-refractivity contribution in [1.29, 1.82) is 0 Å². The molecule has 0 heterocycles. The lowest BCUT2D eigenvalue weighted by Gasteiger charge is -1.86. The molecule has 0 aromatic heterocycles. The van der Waals surface area contributed by atoms with Crippen LogP contribution in [0.4, 0.5) is 0 Å². The minimum atomic E-state index is -0.469. The second-order valence-corrected chi connectivity index (χ2v) is 1.84. The van der Waals surface area contributed by atoms with E-state index in [2.05, 4.69) is 12.1 Å². The van der Waals surface area contributed by atoms with E-state index < -0.39 is 5.24 Å². The average molecular weight is 139 g/mol. The third-order valence-corrected chi connectivity index (χ3v) is 1.09. The van der Waals surface area contributed by atoms with Gasteiger partial charge in [-0.15, -0.1) is 0 Å². The average Bonchev–Trinajstić information content (AvgIpc) is 1.90. The summed E-state index contributed by atoms with van der Waals surface area (Å²) in [5.41, 5.74) is 0.430. The van der Waals surface area contributed by atoms with Gasteiger partial charge in [0.2, 0.25) is 0 Å². The van der Waals surface area contributed by atoms with Crippen molar-refractivity contribution in [2.75, 3.05) is 0 Å². The van der Waals surface area contributed by atoms with Crippen LogP contribution in [0.25, 0.3) is 0 Å². The summed E-state index contributed by atoms with van der Waals surface area (Å²) in [4.78, 5) is 10.4. The van der Waals surface area contributed by atoms with Crippen LogP contribution in [0, 0.1) is 12.1 Å². The Bertz CT molecular complexity index is 205. The van der Waals surface area contributed by atoms with Crippen LogP contribution in [0.5, 0.6) is 0 Å². The van der Waals surface area contributed by atoms with Gasteiger partial charge < -0.3 is 0 Å². The fourth-order valence-electron chi connectivity index (χ4n) is 0.466. The molecule has 1 aromatic carbocycles. The van der Waals surface area contributed by atoms with Gasteiger partial charge in [-0.05, 0) is 41.9 Å². The van der Waals surface area contributed by atoms with Gasteiger partial charge in [0.15, 0.2) is 0 Å². The van der Waals surface area contributed by atoms with E-state index in [1.54, 1.807) is 6.07 Å². The van der Waals surface area contributed by atoms with Crippen molar-refractivity contribution < 1.29 is 4.79 Å². The highest BCUT2D eigenvalue weighted by Gasteiger charge is 1.96. The Balaban J connectivity index is 2.98. The molecule has 0 aliphatic heterocycles. The largest absolute Gasteiger partial charge is 0.276 e. The summed E-state index contributed by atoms with van der Waals surface area (Å²) in [7, 11) is 0. The molecule has 0 amide bonds. The molecule has 0 fully saturated rings. The van der Waals surface area contributed by atoms with Crippen molar-refractivity contribution in [3.05, 3.63) is 35.9 Å². The van der Waals surface area contributed by atoms with Crippen molar-refractivity contribution in [2.45, 2.75) is 0 Å². The molecule has 2 heteroatoms. The first-order valence-corrected chi connectivity index (χ1v) is 2.75. The molecule has 0 saturated heterocycles. The predicted octanol–water partition coefficient (Wildman–Crippen LogP) is 1.67. The van der Waals surface area contributed by atoms with Crippen LogP contribution in [0.3, 0.4) is 0 Å². The Labute approximate surface area is 58.3 Å². The third-order valence-electron chi connectivity index (χ3n) is 0.871. The molecule has 0 unspecified atom stereocenters.